The molecule has 10 heavy (non-hydrogen) atoms. The summed E-state index contributed by atoms with van der Waals surface area (Å²) in [4.78, 5) is 14.4. The highest BCUT2D eigenvalue weighted by Gasteiger charge is 2.14. The van der Waals surface area contributed by atoms with E-state index in [9.17, 15) is 4.79 Å². The largest absolute Gasteiger partial charge is 0.340 e. The van der Waals surface area contributed by atoms with Crippen molar-refractivity contribution in [2.24, 2.45) is 0 Å². The lowest BCUT2D eigenvalue weighted by Gasteiger charge is -2.31. The lowest BCUT2D eigenvalue weighted by atomic mass is 10.3. The van der Waals surface area contributed by atoms with Crippen LogP contribution in [0.2, 0.25) is 0 Å². The minimum absolute atomic E-state index is 0.298. The molecule has 1 aliphatic heterocycles. The Morgan fingerprint density at radius 1 is 1.30 bits per heavy atom. The number of carbonyl (C=O) groups excluding carboxylic acids is 1. The smallest absolute Gasteiger partial charge is 0.227 e. The van der Waals surface area contributed by atoms with E-state index in [1.165, 1.54) is 0 Å². The van der Waals surface area contributed by atoms with Gasteiger partial charge in [0.1, 0.15) is 0 Å². The molecule has 3 heteroatoms. The molecule has 0 atom stereocenters. The Morgan fingerprint density at radius 3 is 2.20 bits per heavy atom. The van der Waals surface area contributed by atoms with Crippen molar-refractivity contribution < 1.29 is 4.79 Å². The summed E-state index contributed by atoms with van der Waals surface area (Å²) in [7, 11) is 2.04. The average Bonchev–Trinajstić information content (AvgIpc) is 1.88. The van der Waals surface area contributed by atoms with Crippen molar-refractivity contribution in [3.63, 3.8) is 0 Å². The van der Waals surface area contributed by atoms with E-state index >= 15 is 0 Å². The maximum absolute atomic E-state index is 10.6. The fourth-order valence-electron chi connectivity index (χ4n) is 1.03. The van der Waals surface area contributed by atoms with E-state index in [0.29, 0.717) is 0 Å². The van der Waals surface area contributed by atoms with Crippen molar-refractivity contribution in [1.29, 1.82) is 0 Å². The molecule has 0 unspecified atom stereocenters. The first-order chi connectivity index (χ1) is 4.70. The first-order valence-electron chi connectivity index (χ1n) is 3.43. The van der Waals surface area contributed by atoms with Crippen molar-refractivity contribution in [1.82, 2.24) is 9.80 Å². The molecule has 0 aromatic rings. The van der Waals surface area contributed by atoms with Crippen LogP contribution in [0.5, 0.6) is 0 Å². The summed E-state index contributed by atoms with van der Waals surface area (Å²) < 4.78 is 0. The van der Waals surface area contributed by atoms with Gasteiger partial charge in [-0.15, -0.1) is 0 Å². The topological polar surface area (TPSA) is 23.6 Å². The third kappa shape index (κ3) is 1.70. The van der Waals surface area contributed by atoms with E-state index in [2.05, 4.69) is 4.90 Å². The molecular formula is C7H12N2O. The zero-order valence-electron chi connectivity index (χ0n) is 6.21. The molecule has 0 spiro atoms. The summed E-state index contributed by atoms with van der Waals surface area (Å²) in [6.07, 6.45) is 0. The predicted molar refractivity (Wildman–Crippen MR) is 38.4 cm³/mol. The molecular weight excluding hydrogens is 128 g/mol. The first kappa shape index (κ1) is 7.54. The maximum Gasteiger partial charge on any atom is 0.227 e. The number of piperazine rings is 1. The van der Waals surface area contributed by atoms with Gasteiger partial charge in [-0.25, -0.2) is 0 Å². The van der Waals surface area contributed by atoms with Crippen molar-refractivity contribution in [2.75, 3.05) is 33.2 Å². The fourth-order valence-corrected chi connectivity index (χ4v) is 1.03. The molecule has 0 saturated carbocycles. The highest BCUT2D eigenvalue weighted by molar-refractivity contribution is 5.80. The van der Waals surface area contributed by atoms with Crippen LogP contribution in [0, 0.1) is 6.92 Å². The molecule has 0 aromatic heterocycles. The van der Waals surface area contributed by atoms with Crippen LogP contribution in [0.15, 0.2) is 0 Å². The SMILES string of the molecule is [CH]C(=O)N1CCN(C)CC1. The van der Waals surface area contributed by atoms with Gasteiger partial charge in [-0.1, -0.05) is 0 Å². The molecule has 1 heterocycles. The number of nitrogens with zero attached hydrogens (tertiary/aromatic N) is 2. The quantitative estimate of drug-likeness (QED) is 0.451. The molecule has 1 saturated heterocycles. The second-order valence-electron chi connectivity index (χ2n) is 2.63. The van der Waals surface area contributed by atoms with Gasteiger partial charge in [-0.05, 0) is 7.05 Å². The van der Waals surface area contributed by atoms with Crippen molar-refractivity contribution in [3.8, 4) is 0 Å². The van der Waals surface area contributed by atoms with Crippen LogP contribution < -0.4 is 0 Å². The molecule has 1 fully saturated rings. The third-order valence-corrected chi connectivity index (χ3v) is 1.81. The normalized spacial score (nSPS) is 21.2. The van der Waals surface area contributed by atoms with Crippen molar-refractivity contribution in [3.05, 3.63) is 6.92 Å². The number of carbonyl (C=O) groups is 1. The average molecular weight is 140 g/mol. The van der Waals surface area contributed by atoms with E-state index in [-0.39, 0.29) is 5.91 Å². The zero-order chi connectivity index (χ0) is 7.56. The number of rotatable bonds is 0. The Labute approximate surface area is 61.6 Å². The highest BCUT2D eigenvalue weighted by atomic mass is 16.2. The monoisotopic (exact) mass is 140 g/mol. The predicted octanol–water partition coefficient (Wildman–Crippen LogP) is -0.529. The fraction of sp³-hybridized carbons (Fsp3) is 0.714. The molecule has 0 bridgehead atoms. The van der Waals surface area contributed by atoms with Gasteiger partial charge >= 0.3 is 0 Å². The number of hydrogen-bond donors (Lipinski definition) is 0. The van der Waals surface area contributed by atoms with Crippen LogP contribution in [0.25, 0.3) is 0 Å². The standard InChI is InChI=1S/C7H12N2O/c1-7(10)9-5-3-8(2)4-6-9/h1H,3-6H2,2H3. The van der Waals surface area contributed by atoms with Gasteiger partial charge in [0.05, 0.1) is 6.92 Å². The summed E-state index contributed by atoms with van der Waals surface area (Å²) in [6.45, 7) is 8.49. The van der Waals surface area contributed by atoms with E-state index in [0.717, 1.165) is 26.2 Å². The van der Waals surface area contributed by atoms with Gasteiger partial charge in [0.25, 0.3) is 0 Å². The Hall–Kier alpha value is -0.570. The van der Waals surface area contributed by atoms with E-state index < -0.39 is 0 Å². The van der Waals surface area contributed by atoms with Crippen LogP contribution in [-0.2, 0) is 4.79 Å². The van der Waals surface area contributed by atoms with Crippen molar-refractivity contribution in [2.45, 2.75) is 0 Å². The van der Waals surface area contributed by atoms with Gasteiger partial charge in [0, 0.05) is 26.2 Å². The van der Waals surface area contributed by atoms with Gasteiger partial charge in [0.2, 0.25) is 5.91 Å². The summed E-state index contributed by atoms with van der Waals surface area (Å²) >= 11 is 0. The van der Waals surface area contributed by atoms with Gasteiger partial charge in [-0.3, -0.25) is 4.79 Å². The maximum atomic E-state index is 10.6. The van der Waals surface area contributed by atoms with Gasteiger partial charge in [0.15, 0.2) is 0 Å². The molecule has 3 nitrogen and oxygen atoms in total. The van der Waals surface area contributed by atoms with Crippen LogP contribution in [0.1, 0.15) is 0 Å². The van der Waals surface area contributed by atoms with Crippen molar-refractivity contribution >= 4 is 5.91 Å². The van der Waals surface area contributed by atoms with E-state index in [1.807, 2.05) is 7.05 Å². The summed E-state index contributed by atoms with van der Waals surface area (Å²) in [5.41, 5.74) is 0. The van der Waals surface area contributed by atoms with E-state index in [1.54, 1.807) is 4.90 Å². The van der Waals surface area contributed by atoms with E-state index in [4.69, 9.17) is 6.92 Å². The Kier molecular flexibility index (Phi) is 2.27. The third-order valence-electron chi connectivity index (χ3n) is 1.81. The van der Waals surface area contributed by atoms with Gasteiger partial charge in [-0.2, -0.15) is 0 Å². The zero-order valence-corrected chi connectivity index (χ0v) is 6.21. The van der Waals surface area contributed by atoms with Crippen LogP contribution >= 0.6 is 0 Å². The highest BCUT2D eigenvalue weighted by Crippen LogP contribution is 1.97. The number of likely N-dealkylation sites (N-methyl/N-ethyl adjacent to an activating group) is 1. The molecule has 0 aromatic carbocycles. The number of amides is 1. The van der Waals surface area contributed by atoms with Crippen LogP contribution in [0.3, 0.4) is 0 Å². The molecule has 0 aliphatic carbocycles. The molecule has 1 rings (SSSR count). The minimum Gasteiger partial charge on any atom is -0.340 e. The lowest BCUT2D eigenvalue weighted by molar-refractivity contribution is -0.127. The Balaban J connectivity index is 2.33. The molecule has 0 N–H and O–H groups in total. The number of hydrogen-bond acceptors (Lipinski definition) is 2. The summed E-state index contributed by atoms with van der Waals surface area (Å²) in [6, 6.07) is 0. The minimum atomic E-state index is -0.298. The first-order valence-corrected chi connectivity index (χ1v) is 3.43. The van der Waals surface area contributed by atoms with Crippen LogP contribution in [-0.4, -0.2) is 48.9 Å². The molecule has 1 amide bonds. The summed E-state index contributed by atoms with van der Waals surface area (Å²) in [5.74, 6) is -0.298. The van der Waals surface area contributed by atoms with Crippen LogP contribution in [0.4, 0.5) is 0 Å². The van der Waals surface area contributed by atoms with Gasteiger partial charge < -0.3 is 9.80 Å². The Bertz CT molecular complexity index is 128. The molecule has 2 radical (unpaired) electrons. The molecule has 1 aliphatic rings. The Morgan fingerprint density at radius 2 is 1.80 bits per heavy atom. The second kappa shape index (κ2) is 3.01. The second-order valence-corrected chi connectivity index (χ2v) is 2.63. The lowest BCUT2D eigenvalue weighted by Crippen LogP contribution is -2.46. The summed E-state index contributed by atoms with van der Waals surface area (Å²) in [5, 5.41) is 0. The molecule has 56 valence electrons.